The van der Waals surface area contributed by atoms with Crippen molar-refractivity contribution in [2.45, 2.75) is 25.9 Å². The maximum absolute atomic E-state index is 11.8. The summed E-state index contributed by atoms with van der Waals surface area (Å²) in [6.07, 6.45) is -0.262. The van der Waals surface area contributed by atoms with Gasteiger partial charge in [-0.3, -0.25) is 14.4 Å². The van der Waals surface area contributed by atoms with Crippen molar-refractivity contribution >= 4 is 29.4 Å². The van der Waals surface area contributed by atoms with Crippen LogP contribution in [0.25, 0.3) is 0 Å². The zero-order chi connectivity index (χ0) is 16.5. The van der Waals surface area contributed by atoms with E-state index in [4.69, 9.17) is 16.3 Å². The van der Waals surface area contributed by atoms with Crippen LogP contribution in [-0.2, 0) is 14.3 Å². The Balaban J connectivity index is 2.24. The normalized spacial score (nSPS) is 11.4. The maximum Gasteiger partial charge on any atom is 0.306 e. The van der Waals surface area contributed by atoms with E-state index in [1.165, 1.54) is 14.0 Å². The lowest BCUT2D eigenvalue weighted by atomic mass is 10.2. The van der Waals surface area contributed by atoms with E-state index in [-0.39, 0.29) is 18.2 Å². The highest BCUT2D eigenvalue weighted by molar-refractivity contribution is 6.30. The number of carbonyl (C=O) groups is 3. The molecule has 7 heteroatoms. The minimum atomic E-state index is -0.818. The molecule has 0 saturated heterocycles. The summed E-state index contributed by atoms with van der Waals surface area (Å²) in [5, 5.41) is 5.64. The minimum absolute atomic E-state index is 0.127. The van der Waals surface area contributed by atoms with Crippen molar-refractivity contribution in [3.05, 3.63) is 34.9 Å². The molecule has 6 nitrogen and oxygen atoms in total. The van der Waals surface area contributed by atoms with Gasteiger partial charge in [0.25, 0.3) is 11.8 Å². The summed E-state index contributed by atoms with van der Waals surface area (Å²) in [6.45, 7) is 1.84. The zero-order valence-corrected chi connectivity index (χ0v) is 13.3. The Morgan fingerprint density at radius 2 is 1.86 bits per heavy atom. The molecule has 0 aliphatic heterocycles. The van der Waals surface area contributed by atoms with Crippen molar-refractivity contribution in [1.29, 1.82) is 0 Å². The largest absolute Gasteiger partial charge is 0.453 e. The quantitative estimate of drug-likeness (QED) is 0.588. The van der Waals surface area contributed by atoms with E-state index in [1.54, 1.807) is 24.3 Å². The third-order valence-electron chi connectivity index (χ3n) is 2.87. The number of likely N-dealkylation sites (N-methyl/N-ethyl adjacent to an activating group) is 1. The Labute approximate surface area is 134 Å². The van der Waals surface area contributed by atoms with Crippen molar-refractivity contribution in [1.82, 2.24) is 10.6 Å². The molecule has 0 radical (unpaired) electrons. The number of amides is 2. The van der Waals surface area contributed by atoms with Crippen LogP contribution in [0.2, 0.25) is 5.02 Å². The summed E-state index contributed by atoms with van der Waals surface area (Å²) in [5.74, 6) is -1.06. The van der Waals surface area contributed by atoms with Crippen LogP contribution in [0.4, 0.5) is 0 Å². The predicted molar refractivity (Wildman–Crippen MR) is 82.6 cm³/mol. The second kappa shape index (κ2) is 9.04. The van der Waals surface area contributed by atoms with E-state index in [9.17, 15) is 14.4 Å². The average molecular weight is 327 g/mol. The van der Waals surface area contributed by atoms with E-state index in [1.807, 2.05) is 0 Å². The summed E-state index contributed by atoms with van der Waals surface area (Å²) < 4.78 is 4.93. The molecule has 120 valence electrons. The highest BCUT2D eigenvalue weighted by Gasteiger charge is 2.15. The Bertz CT molecular complexity index is 531. The Kier molecular flexibility index (Phi) is 7.39. The van der Waals surface area contributed by atoms with Crippen LogP contribution in [0, 0.1) is 0 Å². The van der Waals surface area contributed by atoms with Gasteiger partial charge in [-0.25, -0.2) is 0 Å². The lowest BCUT2D eigenvalue weighted by Gasteiger charge is -2.11. The summed E-state index contributed by atoms with van der Waals surface area (Å²) >= 11 is 5.74. The molecular formula is C15H19ClN2O4. The molecule has 0 unspecified atom stereocenters. The zero-order valence-electron chi connectivity index (χ0n) is 12.5. The first-order valence-electron chi connectivity index (χ1n) is 6.89. The molecule has 0 bridgehead atoms. The van der Waals surface area contributed by atoms with Gasteiger partial charge in [-0.2, -0.15) is 0 Å². The predicted octanol–water partition coefficient (Wildman–Crippen LogP) is 1.53. The van der Waals surface area contributed by atoms with E-state index in [0.29, 0.717) is 23.6 Å². The van der Waals surface area contributed by atoms with Gasteiger partial charge in [-0.15, -0.1) is 0 Å². The number of nitrogens with one attached hydrogen (secondary N) is 2. The molecule has 0 aromatic heterocycles. The number of carbonyl (C=O) groups excluding carboxylic acids is 3. The fraction of sp³-hybridized carbons (Fsp3) is 0.400. The molecule has 0 aliphatic carbocycles. The topological polar surface area (TPSA) is 84.5 Å². The van der Waals surface area contributed by atoms with Gasteiger partial charge in [0.05, 0.1) is 0 Å². The van der Waals surface area contributed by atoms with Gasteiger partial charge in [0.15, 0.2) is 6.10 Å². The summed E-state index contributed by atoms with van der Waals surface area (Å²) in [5.41, 5.74) is 0.500. The standard InChI is InChI=1S/C15H19ClN2O4/c1-10(14(20)17-2)22-13(19)4-3-9-18-15(21)11-5-7-12(16)8-6-11/h5-8,10H,3-4,9H2,1-2H3,(H,17,20)(H,18,21)/t10-/m0/s1. The van der Waals surface area contributed by atoms with E-state index < -0.39 is 12.1 Å². The maximum atomic E-state index is 11.8. The average Bonchev–Trinajstić information content (AvgIpc) is 2.51. The molecule has 0 heterocycles. The second-order valence-electron chi connectivity index (χ2n) is 4.61. The van der Waals surface area contributed by atoms with Gasteiger partial charge in [0.1, 0.15) is 0 Å². The number of rotatable bonds is 7. The number of halogens is 1. The first kappa shape index (κ1) is 18.0. The fourth-order valence-electron chi connectivity index (χ4n) is 1.65. The molecule has 0 fully saturated rings. The van der Waals surface area contributed by atoms with Crippen molar-refractivity contribution in [2.75, 3.05) is 13.6 Å². The van der Waals surface area contributed by atoms with Crippen LogP contribution in [0.5, 0.6) is 0 Å². The number of hydrogen-bond acceptors (Lipinski definition) is 4. The first-order chi connectivity index (χ1) is 10.4. The molecule has 2 amide bonds. The van der Waals surface area contributed by atoms with Crippen LogP contribution in [0.1, 0.15) is 30.1 Å². The third kappa shape index (κ3) is 6.13. The highest BCUT2D eigenvalue weighted by Crippen LogP contribution is 2.09. The Hall–Kier alpha value is -2.08. The molecule has 1 atom stereocenters. The summed E-state index contributed by atoms with van der Waals surface area (Å²) in [7, 11) is 1.47. The van der Waals surface area contributed by atoms with E-state index in [0.717, 1.165) is 0 Å². The van der Waals surface area contributed by atoms with Gasteiger partial charge < -0.3 is 15.4 Å². The van der Waals surface area contributed by atoms with Gasteiger partial charge in [-0.05, 0) is 37.6 Å². The van der Waals surface area contributed by atoms with Gasteiger partial charge in [-0.1, -0.05) is 11.6 Å². The summed E-state index contributed by atoms with van der Waals surface area (Å²) in [4.78, 5) is 34.5. The fourth-order valence-corrected chi connectivity index (χ4v) is 1.78. The van der Waals surface area contributed by atoms with E-state index >= 15 is 0 Å². The molecule has 0 saturated carbocycles. The minimum Gasteiger partial charge on any atom is -0.453 e. The molecule has 1 aromatic carbocycles. The molecule has 22 heavy (non-hydrogen) atoms. The SMILES string of the molecule is CNC(=O)[C@H](C)OC(=O)CCCNC(=O)c1ccc(Cl)cc1. The smallest absolute Gasteiger partial charge is 0.306 e. The van der Waals surface area contributed by atoms with Crippen LogP contribution in [-0.4, -0.2) is 37.5 Å². The lowest BCUT2D eigenvalue weighted by Crippen LogP contribution is -2.33. The molecule has 0 spiro atoms. The van der Waals surface area contributed by atoms with Crippen molar-refractivity contribution < 1.29 is 19.1 Å². The van der Waals surface area contributed by atoms with Gasteiger partial charge >= 0.3 is 5.97 Å². The Morgan fingerprint density at radius 1 is 1.23 bits per heavy atom. The van der Waals surface area contributed by atoms with Gasteiger partial charge in [0, 0.05) is 30.6 Å². The highest BCUT2D eigenvalue weighted by atomic mass is 35.5. The monoisotopic (exact) mass is 326 g/mol. The van der Waals surface area contributed by atoms with Crippen LogP contribution < -0.4 is 10.6 Å². The molecule has 1 rings (SSSR count). The van der Waals surface area contributed by atoms with Crippen LogP contribution in [0.15, 0.2) is 24.3 Å². The first-order valence-corrected chi connectivity index (χ1v) is 7.26. The third-order valence-corrected chi connectivity index (χ3v) is 3.13. The summed E-state index contributed by atoms with van der Waals surface area (Å²) in [6, 6.07) is 6.51. The second-order valence-corrected chi connectivity index (χ2v) is 5.05. The number of hydrogen-bond donors (Lipinski definition) is 2. The number of ether oxygens (including phenoxy) is 1. The van der Waals surface area contributed by atoms with Crippen molar-refractivity contribution in [2.24, 2.45) is 0 Å². The number of benzene rings is 1. The molecular weight excluding hydrogens is 308 g/mol. The van der Waals surface area contributed by atoms with Crippen molar-refractivity contribution in [3.8, 4) is 0 Å². The van der Waals surface area contributed by atoms with Crippen LogP contribution in [0.3, 0.4) is 0 Å². The molecule has 1 aromatic rings. The van der Waals surface area contributed by atoms with Gasteiger partial charge in [0.2, 0.25) is 0 Å². The Morgan fingerprint density at radius 3 is 2.45 bits per heavy atom. The molecule has 0 aliphatic rings. The van der Waals surface area contributed by atoms with Crippen LogP contribution >= 0.6 is 11.6 Å². The number of esters is 1. The lowest BCUT2D eigenvalue weighted by molar-refractivity contribution is -0.154. The van der Waals surface area contributed by atoms with Crippen molar-refractivity contribution in [3.63, 3.8) is 0 Å². The molecule has 2 N–H and O–H groups in total. The van der Waals surface area contributed by atoms with E-state index in [2.05, 4.69) is 10.6 Å².